The van der Waals surface area contributed by atoms with Gasteiger partial charge in [-0.1, -0.05) is 35.5 Å². The van der Waals surface area contributed by atoms with Gasteiger partial charge < -0.3 is 14.5 Å². The first-order chi connectivity index (χ1) is 12.7. The van der Waals surface area contributed by atoms with Crippen LogP contribution in [0.2, 0.25) is 0 Å². The fourth-order valence-electron chi connectivity index (χ4n) is 3.34. The van der Waals surface area contributed by atoms with Gasteiger partial charge in [-0.2, -0.15) is 4.98 Å². The van der Waals surface area contributed by atoms with Gasteiger partial charge in [0.25, 0.3) is 5.71 Å². The number of benzene rings is 1. The van der Waals surface area contributed by atoms with Gasteiger partial charge in [0.2, 0.25) is 0 Å². The highest BCUT2D eigenvalue weighted by molar-refractivity contribution is 5.98. The summed E-state index contributed by atoms with van der Waals surface area (Å²) < 4.78 is 5.51. The van der Waals surface area contributed by atoms with Crippen molar-refractivity contribution in [2.75, 3.05) is 18.0 Å². The molecule has 3 aromatic rings. The number of aryl methyl sites for hydroxylation is 1. The fraction of sp³-hybridized carbons (Fsp3) is 0.368. The summed E-state index contributed by atoms with van der Waals surface area (Å²) in [5.74, 6) is 0.419. The van der Waals surface area contributed by atoms with E-state index in [1.807, 2.05) is 30.3 Å². The highest BCUT2D eigenvalue weighted by Crippen LogP contribution is 2.34. The van der Waals surface area contributed by atoms with Gasteiger partial charge in [0, 0.05) is 25.1 Å². The Balaban J connectivity index is 1.84. The van der Waals surface area contributed by atoms with Crippen molar-refractivity contribution in [1.29, 1.82) is 0 Å². The molecule has 0 aliphatic carbocycles. The number of hydrogen-bond donors (Lipinski definition) is 1. The van der Waals surface area contributed by atoms with Crippen LogP contribution in [0.4, 0.5) is 5.82 Å². The van der Waals surface area contributed by atoms with Crippen LogP contribution in [-0.2, 0) is 11.2 Å². The average molecular weight is 352 g/mol. The van der Waals surface area contributed by atoms with Crippen molar-refractivity contribution in [1.82, 2.24) is 15.1 Å². The molecule has 134 valence electrons. The quantitative estimate of drug-likeness (QED) is 0.753. The number of hydrogen-bond acceptors (Lipinski definition) is 6. The number of nitrogens with zero attached hydrogens (tertiary/aromatic N) is 4. The van der Waals surface area contributed by atoms with Crippen LogP contribution in [0.3, 0.4) is 0 Å². The number of rotatable bonds is 5. The van der Waals surface area contributed by atoms with Crippen molar-refractivity contribution < 1.29 is 14.4 Å². The number of piperidine rings is 1. The second kappa shape index (κ2) is 7.11. The molecule has 1 saturated heterocycles. The molecule has 0 amide bonds. The van der Waals surface area contributed by atoms with Crippen molar-refractivity contribution in [3.8, 4) is 11.3 Å². The van der Waals surface area contributed by atoms with E-state index in [0.717, 1.165) is 48.4 Å². The summed E-state index contributed by atoms with van der Waals surface area (Å²) >= 11 is 0. The predicted octanol–water partition coefficient (Wildman–Crippen LogP) is 3.29. The maximum Gasteiger partial charge on any atom is 0.303 e. The minimum Gasteiger partial charge on any atom is -0.481 e. The maximum absolute atomic E-state index is 10.9. The molecular formula is C19H20N4O3. The smallest absolute Gasteiger partial charge is 0.303 e. The van der Waals surface area contributed by atoms with Gasteiger partial charge in [-0.05, 0) is 19.3 Å². The Labute approximate surface area is 150 Å². The first-order valence-electron chi connectivity index (χ1n) is 8.91. The maximum atomic E-state index is 10.9. The van der Waals surface area contributed by atoms with Crippen molar-refractivity contribution in [3.05, 3.63) is 36.2 Å². The monoisotopic (exact) mass is 352 g/mol. The third kappa shape index (κ3) is 3.24. The first-order valence-corrected chi connectivity index (χ1v) is 8.91. The minimum atomic E-state index is -0.865. The molecule has 0 unspecified atom stereocenters. The zero-order valence-electron chi connectivity index (χ0n) is 14.4. The Morgan fingerprint density at radius 2 is 1.88 bits per heavy atom. The van der Waals surface area contributed by atoms with E-state index in [0.29, 0.717) is 11.5 Å². The molecule has 7 nitrogen and oxygen atoms in total. The highest BCUT2D eigenvalue weighted by atomic mass is 16.5. The Morgan fingerprint density at radius 3 is 2.62 bits per heavy atom. The Hall–Kier alpha value is -2.96. The number of anilines is 1. The highest BCUT2D eigenvalue weighted by Gasteiger charge is 2.23. The van der Waals surface area contributed by atoms with Gasteiger partial charge in [-0.25, -0.2) is 4.98 Å². The molecule has 0 bridgehead atoms. The molecule has 0 spiro atoms. The number of carboxylic acid groups (broad SMARTS) is 1. The summed E-state index contributed by atoms with van der Waals surface area (Å²) in [7, 11) is 0. The van der Waals surface area contributed by atoms with E-state index in [9.17, 15) is 4.79 Å². The fourth-order valence-corrected chi connectivity index (χ4v) is 3.34. The van der Waals surface area contributed by atoms with Crippen LogP contribution >= 0.6 is 0 Å². The van der Waals surface area contributed by atoms with Crippen LogP contribution in [0.15, 0.2) is 34.9 Å². The third-order valence-corrected chi connectivity index (χ3v) is 4.63. The second-order valence-electron chi connectivity index (χ2n) is 6.48. The zero-order chi connectivity index (χ0) is 17.9. The lowest BCUT2D eigenvalue weighted by molar-refractivity contribution is -0.137. The molecule has 1 aromatic carbocycles. The zero-order valence-corrected chi connectivity index (χ0v) is 14.4. The molecule has 1 aliphatic rings. The number of fused-ring (bicyclic) bond motifs is 1. The SMILES string of the molecule is O=C(O)CCc1nc(N2CCCCC2)c2c(-c3ccccc3)noc2n1. The van der Waals surface area contributed by atoms with Crippen LogP contribution in [0, 0.1) is 0 Å². The van der Waals surface area contributed by atoms with Crippen LogP contribution in [-0.4, -0.2) is 39.3 Å². The Bertz CT molecular complexity index is 917. The lowest BCUT2D eigenvalue weighted by Crippen LogP contribution is -2.30. The molecule has 4 rings (SSSR count). The third-order valence-electron chi connectivity index (χ3n) is 4.63. The molecular weight excluding hydrogens is 332 g/mol. The summed E-state index contributed by atoms with van der Waals surface area (Å²) in [5.41, 5.74) is 2.09. The summed E-state index contributed by atoms with van der Waals surface area (Å²) in [6, 6.07) is 9.83. The van der Waals surface area contributed by atoms with E-state index in [1.54, 1.807) is 0 Å². The molecule has 26 heavy (non-hydrogen) atoms. The number of aromatic nitrogens is 3. The average Bonchev–Trinajstić information content (AvgIpc) is 3.11. The van der Waals surface area contributed by atoms with Crippen LogP contribution in [0.1, 0.15) is 31.5 Å². The summed E-state index contributed by atoms with van der Waals surface area (Å²) in [4.78, 5) is 22.3. The van der Waals surface area contributed by atoms with E-state index < -0.39 is 5.97 Å². The standard InChI is InChI=1S/C19H20N4O3/c24-15(25)10-9-14-20-18(23-11-5-2-6-12-23)16-17(22-26-19(16)21-14)13-7-3-1-4-8-13/h1,3-4,7-8H,2,5-6,9-12H2,(H,24,25). The molecule has 1 aliphatic heterocycles. The van der Waals surface area contributed by atoms with Gasteiger partial charge in [0.1, 0.15) is 22.7 Å². The van der Waals surface area contributed by atoms with Gasteiger partial charge >= 0.3 is 5.97 Å². The largest absolute Gasteiger partial charge is 0.481 e. The number of aliphatic carboxylic acids is 1. The summed E-state index contributed by atoms with van der Waals surface area (Å²) in [6.07, 6.45) is 3.70. The minimum absolute atomic E-state index is 0.00930. The van der Waals surface area contributed by atoms with E-state index in [4.69, 9.17) is 14.6 Å². The predicted molar refractivity (Wildman–Crippen MR) is 97.1 cm³/mol. The lowest BCUT2D eigenvalue weighted by atomic mass is 10.1. The normalized spacial score (nSPS) is 14.7. The number of carbonyl (C=O) groups is 1. The van der Waals surface area contributed by atoms with Crippen molar-refractivity contribution in [3.63, 3.8) is 0 Å². The second-order valence-corrected chi connectivity index (χ2v) is 6.48. The van der Waals surface area contributed by atoms with Gasteiger partial charge in [0.05, 0.1) is 6.42 Å². The molecule has 0 atom stereocenters. The summed E-state index contributed by atoms with van der Waals surface area (Å²) in [6.45, 7) is 1.84. The Kier molecular flexibility index (Phi) is 4.51. The van der Waals surface area contributed by atoms with Crippen LogP contribution < -0.4 is 4.90 Å². The van der Waals surface area contributed by atoms with Crippen molar-refractivity contribution in [2.45, 2.75) is 32.1 Å². The van der Waals surface area contributed by atoms with Crippen molar-refractivity contribution >= 4 is 22.9 Å². The Morgan fingerprint density at radius 1 is 1.12 bits per heavy atom. The van der Waals surface area contributed by atoms with Crippen LogP contribution in [0.5, 0.6) is 0 Å². The number of carboxylic acids is 1. The van der Waals surface area contributed by atoms with E-state index in [-0.39, 0.29) is 12.8 Å². The molecule has 7 heteroatoms. The molecule has 0 saturated carbocycles. The molecule has 1 N–H and O–H groups in total. The topological polar surface area (TPSA) is 92.3 Å². The van der Waals surface area contributed by atoms with E-state index in [1.165, 1.54) is 6.42 Å². The van der Waals surface area contributed by atoms with Crippen LogP contribution in [0.25, 0.3) is 22.4 Å². The molecule has 1 fully saturated rings. The van der Waals surface area contributed by atoms with Crippen molar-refractivity contribution in [2.24, 2.45) is 0 Å². The molecule has 3 heterocycles. The lowest BCUT2D eigenvalue weighted by Gasteiger charge is -2.28. The van der Waals surface area contributed by atoms with Gasteiger partial charge in [-0.15, -0.1) is 0 Å². The first kappa shape index (κ1) is 16.5. The molecule has 0 radical (unpaired) electrons. The summed E-state index contributed by atoms with van der Waals surface area (Å²) in [5, 5.41) is 14.0. The van der Waals surface area contributed by atoms with Gasteiger partial charge in [0.15, 0.2) is 0 Å². The van der Waals surface area contributed by atoms with E-state index >= 15 is 0 Å². The molecule has 2 aromatic heterocycles. The van der Waals surface area contributed by atoms with Gasteiger partial charge in [-0.3, -0.25) is 4.79 Å². The van der Waals surface area contributed by atoms with E-state index in [2.05, 4.69) is 15.0 Å².